The lowest BCUT2D eigenvalue weighted by atomic mass is 10.2. The Balaban J connectivity index is 1.43. The van der Waals surface area contributed by atoms with Crippen LogP contribution >= 0.6 is 11.6 Å². The van der Waals surface area contributed by atoms with E-state index in [2.05, 4.69) is 20.0 Å². The van der Waals surface area contributed by atoms with Gasteiger partial charge in [0, 0.05) is 42.8 Å². The Morgan fingerprint density at radius 3 is 2.61 bits per heavy atom. The Morgan fingerprint density at radius 2 is 1.97 bits per heavy atom. The van der Waals surface area contributed by atoms with E-state index < -0.39 is 4.92 Å². The molecule has 1 fully saturated rings. The number of pyridine rings is 1. The molecule has 3 aromatic rings. The molecule has 2 aromatic heterocycles. The van der Waals surface area contributed by atoms with E-state index in [1.807, 2.05) is 30.0 Å². The molecule has 0 amide bonds. The summed E-state index contributed by atoms with van der Waals surface area (Å²) in [4.78, 5) is 23.2. The summed E-state index contributed by atoms with van der Waals surface area (Å²) in [5.41, 5.74) is 0.824. The molecule has 0 bridgehead atoms. The first-order valence-electron chi connectivity index (χ1n) is 9.59. The van der Waals surface area contributed by atoms with E-state index in [0.29, 0.717) is 48.7 Å². The molecule has 10 nitrogen and oxygen atoms in total. The van der Waals surface area contributed by atoms with Gasteiger partial charge in [-0.3, -0.25) is 15.0 Å². The van der Waals surface area contributed by atoms with Crippen LogP contribution < -0.4 is 4.90 Å². The zero-order valence-corrected chi connectivity index (χ0v) is 17.4. The molecule has 0 spiro atoms. The predicted molar refractivity (Wildman–Crippen MR) is 113 cm³/mol. The van der Waals surface area contributed by atoms with Crippen LogP contribution in [0.1, 0.15) is 24.4 Å². The number of nitro groups is 1. The minimum Gasteiger partial charge on any atom is -0.353 e. The highest BCUT2D eigenvalue weighted by molar-refractivity contribution is 6.30. The van der Waals surface area contributed by atoms with Gasteiger partial charge < -0.3 is 9.42 Å². The van der Waals surface area contributed by atoms with Gasteiger partial charge in [-0.2, -0.15) is 10.2 Å². The monoisotopic (exact) mass is 439 g/mol. The lowest BCUT2D eigenvalue weighted by Gasteiger charge is -2.37. The molecular weight excluding hydrogens is 422 g/mol. The van der Waals surface area contributed by atoms with Gasteiger partial charge in [0.15, 0.2) is 0 Å². The summed E-state index contributed by atoms with van der Waals surface area (Å²) in [6, 6.07) is 10.4. The first-order valence-corrected chi connectivity index (χ1v) is 9.97. The van der Waals surface area contributed by atoms with Gasteiger partial charge in [0.2, 0.25) is 11.7 Å². The molecular formula is C20H18ClN7O3. The quantitative estimate of drug-likeness (QED) is 0.434. The number of rotatable bonds is 5. The lowest BCUT2D eigenvalue weighted by Crippen LogP contribution is -2.47. The minimum absolute atomic E-state index is 0.0871. The molecule has 31 heavy (non-hydrogen) atoms. The van der Waals surface area contributed by atoms with Crippen molar-refractivity contribution in [1.82, 2.24) is 20.0 Å². The second kappa shape index (κ2) is 8.67. The van der Waals surface area contributed by atoms with E-state index in [1.165, 1.54) is 12.3 Å². The van der Waals surface area contributed by atoms with E-state index in [1.54, 1.807) is 12.1 Å². The summed E-state index contributed by atoms with van der Waals surface area (Å²) in [5.74, 6) is 1.48. The van der Waals surface area contributed by atoms with Gasteiger partial charge in [-0.25, -0.2) is 4.98 Å². The van der Waals surface area contributed by atoms with Gasteiger partial charge in [-0.05, 0) is 31.2 Å². The minimum atomic E-state index is -0.556. The fourth-order valence-electron chi connectivity index (χ4n) is 3.48. The molecule has 0 saturated carbocycles. The molecule has 0 N–H and O–H groups in total. The third kappa shape index (κ3) is 4.33. The van der Waals surface area contributed by atoms with Crippen molar-refractivity contribution in [2.75, 3.05) is 31.1 Å². The average Bonchev–Trinajstić information content (AvgIpc) is 3.29. The smallest absolute Gasteiger partial charge is 0.289 e. The molecule has 11 heteroatoms. The average molecular weight is 440 g/mol. The molecule has 0 aliphatic carbocycles. The molecule has 0 radical (unpaired) electrons. The molecule has 1 atom stereocenters. The summed E-state index contributed by atoms with van der Waals surface area (Å²) >= 11 is 5.93. The van der Waals surface area contributed by atoms with Gasteiger partial charge >= 0.3 is 0 Å². The van der Waals surface area contributed by atoms with Crippen molar-refractivity contribution in [2.45, 2.75) is 13.0 Å². The van der Waals surface area contributed by atoms with Crippen LogP contribution in [0.2, 0.25) is 5.02 Å². The third-order valence-corrected chi connectivity index (χ3v) is 5.50. The van der Waals surface area contributed by atoms with Crippen molar-refractivity contribution >= 4 is 23.1 Å². The second-order valence-corrected chi connectivity index (χ2v) is 7.53. The number of nitrogens with zero attached hydrogens (tertiary/aromatic N) is 7. The number of halogens is 1. The Morgan fingerprint density at radius 1 is 1.26 bits per heavy atom. The molecule has 158 valence electrons. The number of nitriles is 1. The Labute approximate surface area is 182 Å². The van der Waals surface area contributed by atoms with Gasteiger partial charge in [-0.15, -0.1) is 0 Å². The van der Waals surface area contributed by atoms with Crippen molar-refractivity contribution in [3.05, 3.63) is 63.1 Å². The van der Waals surface area contributed by atoms with Crippen LogP contribution in [0.5, 0.6) is 0 Å². The number of aromatic nitrogens is 3. The highest BCUT2D eigenvalue weighted by atomic mass is 35.5. The van der Waals surface area contributed by atoms with Crippen LogP contribution in [-0.2, 0) is 0 Å². The van der Waals surface area contributed by atoms with Crippen LogP contribution in [0.15, 0.2) is 41.1 Å². The zero-order valence-electron chi connectivity index (χ0n) is 16.6. The largest absolute Gasteiger partial charge is 0.353 e. The highest BCUT2D eigenvalue weighted by Gasteiger charge is 2.28. The standard InChI is InChI=1S/C20H18ClN7O3/c1-13(20-24-18(25-31-20)14-2-4-16(21)5-3-14)26-6-8-27(9-7-26)19-15(11-22)10-17(12-23-19)28(29)30/h2-5,10,12-13H,6-9H2,1H3. The molecule has 1 saturated heterocycles. The fraction of sp³-hybridized carbons (Fsp3) is 0.300. The summed E-state index contributed by atoms with van der Waals surface area (Å²) in [6.45, 7) is 4.59. The SMILES string of the molecule is CC(c1nc(-c2ccc(Cl)cc2)no1)N1CCN(c2ncc([N+](=O)[O-])cc2C#N)CC1. The Bertz CT molecular complexity index is 1130. The van der Waals surface area contributed by atoms with Crippen LogP contribution in [0.25, 0.3) is 11.4 Å². The van der Waals surface area contributed by atoms with Crippen molar-refractivity contribution in [1.29, 1.82) is 5.26 Å². The lowest BCUT2D eigenvalue weighted by molar-refractivity contribution is -0.385. The van der Waals surface area contributed by atoms with Crippen LogP contribution in [0, 0.1) is 21.4 Å². The molecule has 1 aliphatic rings. The van der Waals surface area contributed by atoms with Crippen molar-refractivity contribution in [2.24, 2.45) is 0 Å². The van der Waals surface area contributed by atoms with E-state index in [0.717, 1.165) is 5.56 Å². The number of benzene rings is 1. The molecule has 3 heterocycles. The summed E-state index contributed by atoms with van der Waals surface area (Å²) in [7, 11) is 0. The number of piperazine rings is 1. The van der Waals surface area contributed by atoms with Gasteiger partial charge in [0.1, 0.15) is 23.6 Å². The maximum atomic E-state index is 10.9. The zero-order chi connectivity index (χ0) is 22.0. The first-order chi connectivity index (χ1) is 15.0. The summed E-state index contributed by atoms with van der Waals surface area (Å²) < 4.78 is 5.48. The van der Waals surface area contributed by atoms with E-state index in [9.17, 15) is 15.4 Å². The molecule has 1 aromatic carbocycles. The number of anilines is 1. The topological polar surface area (TPSA) is 125 Å². The molecule has 1 aliphatic heterocycles. The molecule has 1 unspecified atom stereocenters. The normalized spacial score (nSPS) is 15.5. The predicted octanol–water partition coefficient (Wildman–Crippen LogP) is 3.45. The van der Waals surface area contributed by atoms with Crippen LogP contribution in [0.4, 0.5) is 11.5 Å². The van der Waals surface area contributed by atoms with Crippen LogP contribution in [0.3, 0.4) is 0 Å². The Hall–Kier alpha value is -3.55. The van der Waals surface area contributed by atoms with Crippen molar-refractivity contribution in [3.63, 3.8) is 0 Å². The molecule has 4 rings (SSSR count). The van der Waals surface area contributed by atoms with Gasteiger partial charge in [0.25, 0.3) is 5.69 Å². The highest BCUT2D eigenvalue weighted by Crippen LogP contribution is 2.27. The van der Waals surface area contributed by atoms with E-state index >= 15 is 0 Å². The number of hydrogen-bond donors (Lipinski definition) is 0. The van der Waals surface area contributed by atoms with E-state index in [4.69, 9.17) is 16.1 Å². The van der Waals surface area contributed by atoms with Gasteiger partial charge in [-0.1, -0.05) is 16.8 Å². The van der Waals surface area contributed by atoms with Crippen molar-refractivity contribution in [3.8, 4) is 17.5 Å². The maximum absolute atomic E-state index is 10.9. The maximum Gasteiger partial charge on any atom is 0.289 e. The van der Waals surface area contributed by atoms with Crippen LogP contribution in [-0.4, -0.2) is 51.1 Å². The van der Waals surface area contributed by atoms with E-state index in [-0.39, 0.29) is 17.3 Å². The second-order valence-electron chi connectivity index (χ2n) is 7.10. The summed E-state index contributed by atoms with van der Waals surface area (Å²) in [5, 5.41) is 25.0. The Kier molecular flexibility index (Phi) is 5.79. The third-order valence-electron chi connectivity index (χ3n) is 5.25. The summed E-state index contributed by atoms with van der Waals surface area (Å²) in [6.07, 6.45) is 1.18. The first kappa shape index (κ1) is 20.7. The van der Waals surface area contributed by atoms with Gasteiger partial charge in [0.05, 0.1) is 11.0 Å². The fourth-order valence-corrected chi connectivity index (χ4v) is 3.60. The number of hydrogen-bond acceptors (Lipinski definition) is 9. The van der Waals surface area contributed by atoms with Crippen molar-refractivity contribution < 1.29 is 9.45 Å².